The quantitative estimate of drug-likeness (QED) is 0.793. The molecule has 1 aliphatic heterocycles. The highest BCUT2D eigenvalue weighted by Gasteiger charge is 2.32. The van der Waals surface area contributed by atoms with Gasteiger partial charge in [0, 0.05) is 29.6 Å². The molecule has 0 radical (unpaired) electrons. The molecular weight excluding hydrogens is 308 g/mol. The molecular formula is C17H20N4OS. The highest BCUT2D eigenvalue weighted by molar-refractivity contribution is 7.09. The van der Waals surface area contributed by atoms with Crippen LogP contribution in [0.25, 0.3) is 0 Å². The maximum absolute atomic E-state index is 5.32. The minimum atomic E-state index is 0.134. The lowest BCUT2D eigenvalue weighted by molar-refractivity contribution is 0.199. The van der Waals surface area contributed by atoms with E-state index in [2.05, 4.69) is 34.1 Å². The number of thiazole rings is 1. The molecule has 0 amide bonds. The summed E-state index contributed by atoms with van der Waals surface area (Å²) in [5, 5.41) is 3.35. The zero-order valence-corrected chi connectivity index (χ0v) is 14.1. The predicted octanol–water partition coefficient (Wildman–Crippen LogP) is 3.73. The number of hydrogen-bond donors (Lipinski definition) is 1. The van der Waals surface area contributed by atoms with Crippen molar-refractivity contribution in [3.05, 3.63) is 58.0 Å². The van der Waals surface area contributed by atoms with Crippen molar-refractivity contribution in [2.24, 2.45) is 0 Å². The van der Waals surface area contributed by atoms with E-state index in [0.717, 1.165) is 30.8 Å². The van der Waals surface area contributed by atoms with Gasteiger partial charge in [-0.2, -0.15) is 0 Å². The molecule has 23 heavy (non-hydrogen) atoms. The Morgan fingerprint density at radius 3 is 3.13 bits per heavy atom. The molecule has 4 rings (SSSR count). The summed E-state index contributed by atoms with van der Waals surface area (Å²) in [6.07, 6.45) is 6.34. The monoisotopic (exact) mass is 328 g/mol. The molecule has 1 unspecified atom stereocenters. The van der Waals surface area contributed by atoms with Gasteiger partial charge < -0.3 is 9.40 Å². The lowest BCUT2D eigenvalue weighted by atomic mass is 9.98. The van der Waals surface area contributed by atoms with Gasteiger partial charge in [0.25, 0.3) is 0 Å². The summed E-state index contributed by atoms with van der Waals surface area (Å²) >= 11 is 1.75. The second-order valence-corrected chi connectivity index (χ2v) is 7.21. The molecule has 0 fully saturated rings. The molecule has 6 heteroatoms. The van der Waals surface area contributed by atoms with Crippen LogP contribution in [-0.4, -0.2) is 26.4 Å². The fourth-order valence-electron chi connectivity index (χ4n) is 3.13. The molecule has 1 N–H and O–H groups in total. The number of fused-ring (bicyclic) bond motifs is 1. The average Bonchev–Trinajstić information content (AvgIpc) is 3.28. The van der Waals surface area contributed by atoms with Gasteiger partial charge in [-0.15, -0.1) is 11.3 Å². The fraction of sp³-hybridized carbons (Fsp3) is 0.412. The Kier molecular flexibility index (Phi) is 3.79. The number of furan rings is 1. The Morgan fingerprint density at radius 2 is 2.39 bits per heavy atom. The molecule has 0 aromatic carbocycles. The van der Waals surface area contributed by atoms with Gasteiger partial charge in [0.1, 0.15) is 5.01 Å². The second-order valence-electron chi connectivity index (χ2n) is 6.27. The number of aromatic amines is 1. The first-order chi connectivity index (χ1) is 11.2. The van der Waals surface area contributed by atoms with Crippen LogP contribution >= 0.6 is 11.3 Å². The van der Waals surface area contributed by atoms with E-state index in [1.54, 1.807) is 23.9 Å². The van der Waals surface area contributed by atoms with E-state index in [-0.39, 0.29) is 6.04 Å². The maximum atomic E-state index is 5.32. The van der Waals surface area contributed by atoms with Crippen molar-refractivity contribution in [3.63, 3.8) is 0 Å². The summed E-state index contributed by atoms with van der Waals surface area (Å²) in [4.78, 5) is 15.1. The SMILES string of the molecule is CC(C)c1csc(CN2CCc3[nH]cnc3C2c2ccoc2)n1. The van der Waals surface area contributed by atoms with Gasteiger partial charge in [-0.05, 0) is 12.0 Å². The first kappa shape index (κ1) is 14.7. The van der Waals surface area contributed by atoms with E-state index in [0.29, 0.717) is 5.92 Å². The van der Waals surface area contributed by atoms with E-state index in [1.807, 2.05) is 12.3 Å². The maximum Gasteiger partial charge on any atom is 0.107 e. The van der Waals surface area contributed by atoms with E-state index in [9.17, 15) is 0 Å². The van der Waals surface area contributed by atoms with Crippen LogP contribution in [0.3, 0.4) is 0 Å². The Morgan fingerprint density at radius 1 is 1.48 bits per heavy atom. The van der Waals surface area contributed by atoms with Crippen LogP contribution < -0.4 is 0 Å². The number of imidazole rings is 1. The first-order valence-electron chi connectivity index (χ1n) is 7.95. The minimum Gasteiger partial charge on any atom is -0.472 e. The van der Waals surface area contributed by atoms with Crippen molar-refractivity contribution in [1.82, 2.24) is 19.9 Å². The number of hydrogen-bond acceptors (Lipinski definition) is 5. The van der Waals surface area contributed by atoms with Crippen molar-refractivity contribution in [2.75, 3.05) is 6.54 Å². The van der Waals surface area contributed by atoms with E-state index in [1.165, 1.54) is 16.4 Å². The molecule has 0 saturated heterocycles. The largest absolute Gasteiger partial charge is 0.472 e. The van der Waals surface area contributed by atoms with Gasteiger partial charge in [0.05, 0.1) is 42.8 Å². The Hall–Kier alpha value is -1.92. The standard InChI is InChI=1S/C17H20N4OS/c1-11(2)14-9-23-15(20-14)7-21-5-3-13-16(19-10-18-13)17(21)12-4-6-22-8-12/h4,6,8-11,17H,3,5,7H2,1-2H3,(H,18,19). The van der Waals surface area contributed by atoms with Crippen LogP contribution in [0.15, 0.2) is 34.7 Å². The first-order valence-corrected chi connectivity index (χ1v) is 8.83. The van der Waals surface area contributed by atoms with Crippen LogP contribution in [0.4, 0.5) is 0 Å². The summed E-state index contributed by atoms with van der Waals surface area (Å²) in [7, 11) is 0. The zero-order chi connectivity index (χ0) is 15.8. The molecule has 0 bridgehead atoms. The predicted molar refractivity (Wildman–Crippen MR) is 89.5 cm³/mol. The summed E-state index contributed by atoms with van der Waals surface area (Å²) in [6, 6.07) is 2.16. The zero-order valence-electron chi connectivity index (χ0n) is 13.3. The average molecular weight is 328 g/mol. The normalized spacial score (nSPS) is 18.5. The second kappa shape index (κ2) is 5.94. The van der Waals surface area contributed by atoms with Gasteiger partial charge in [-0.3, -0.25) is 4.90 Å². The lowest BCUT2D eigenvalue weighted by Gasteiger charge is -2.33. The van der Waals surface area contributed by atoms with Gasteiger partial charge in [0.2, 0.25) is 0 Å². The molecule has 0 aliphatic carbocycles. The van der Waals surface area contributed by atoms with Gasteiger partial charge in [-0.25, -0.2) is 9.97 Å². The van der Waals surface area contributed by atoms with Crippen LogP contribution in [0.1, 0.15) is 53.5 Å². The molecule has 1 aliphatic rings. The summed E-state index contributed by atoms with van der Waals surface area (Å²) < 4.78 is 5.32. The lowest BCUT2D eigenvalue weighted by Crippen LogP contribution is -2.35. The van der Waals surface area contributed by atoms with Crippen LogP contribution in [0.5, 0.6) is 0 Å². The van der Waals surface area contributed by atoms with Crippen molar-refractivity contribution >= 4 is 11.3 Å². The highest BCUT2D eigenvalue weighted by Crippen LogP contribution is 2.35. The molecule has 4 heterocycles. The number of nitrogens with one attached hydrogen (secondary N) is 1. The van der Waals surface area contributed by atoms with Crippen LogP contribution in [-0.2, 0) is 13.0 Å². The minimum absolute atomic E-state index is 0.134. The molecule has 0 saturated carbocycles. The van der Waals surface area contributed by atoms with Crippen molar-refractivity contribution in [3.8, 4) is 0 Å². The molecule has 3 aromatic rings. The van der Waals surface area contributed by atoms with E-state index in [4.69, 9.17) is 9.40 Å². The third-order valence-corrected chi connectivity index (χ3v) is 5.23. The van der Waals surface area contributed by atoms with Crippen molar-refractivity contribution in [2.45, 2.75) is 38.8 Å². The fourth-order valence-corrected chi connectivity index (χ4v) is 4.11. The number of nitrogens with zero attached hydrogens (tertiary/aromatic N) is 3. The van der Waals surface area contributed by atoms with Gasteiger partial charge >= 0.3 is 0 Å². The van der Waals surface area contributed by atoms with Crippen LogP contribution in [0.2, 0.25) is 0 Å². The van der Waals surface area contributed by atoms with Crippen molar-refractivity contribution < 1.29 is 4.42 Å². The molecule has 1 atom stereocenters. The van der Waals surface area contributed by atoms with Gasteiger partial charge in [-0.1, -0.05) is 13.8 Å². The molecule has 5 nitrogen and oxygen atoms in total. The van der Waals surface area contributed by atoms with E-state index < -0.39 is 0 Å². The third kappa shape index (κ3) is 2.72. The number of aromatic nitrogens is 3. The molecule has 120 valence electrons. The molecule has 3 aromatic heterocycles. The van der Waals surface area contributed by atoms with Crippen LogP contribution in [0, 0.1) is 0 Å². The Labute approximate surface area is 139 Å². The molecule has 0 spiro atoms. The third-order valence-electron chi connectivity index (χ3n) is 4.38. The van der Waals surface area contributed by atoms with E-state index >= 15 is 0 Å². The highest BCUT2D eigenvalue weighted by atomic mass is 32.1. The number of H-pyrrole nitrogens is 1. The van der Waals surface area contributed by atoms with Gasteiger partial charge in [0.15, 0.2) is 0 Å². The summed E-state index contributed by atoms with van der Waals surface area (Å²) in [5.74, 6) is 0.476. The smallest absolute Gasteiger partial charge is 0.107 e. The Balaban J connectivity index is 1.64. The Bertz CT molecular complexity index is 774. The summed E-state index contributed by atoms with van der Waals surface area (Å²) in [5.41, 5.74) is 4.67. The summed E-state index contributed by atoms with van der Waals surface area (Å²) in [6.45, 7) is 6.20. The topological polar surface area (TPSA) is 58.0 Å². The number of rotatable bonds is 4. The van der Waals surface area contributed by atoms with Crippen molar-refractivity contribution in [1.29, 1.82) is 0 Å².